The SMILES string of the molecule is CC[C@H](C)[C@H](C(=O)Cc1cncn1Cc1ccccc1)C(N)N(CC(=O)N[C@@H](CCSC)C(=O)OC)Cc1cccc2ccccc12. The van der Waals surface area contributed by atoms with E-state index in [-0.39, 0.29) is 30.6 Å². The number of Topliss-reactive ketones (excluding diaryl/α,β-unsaturated/α-hetero) is 1. The van der Waals surface area contributed by atoms with E-state index in [2.05, 4.69) is 16.4 Å². The topological polar surface area (TPSA) is 120 Å². The molecule has 4 atom stereocenters. The molecule has 4 rings (SSSR count). The van der Waals surface area contributed by atoms with Crippen molar-refractivity contribution in [2.45, 2.75) is 58.4 Å². The van der Waals surface area contributed by atoms with Crippen LogP contribution < -0.4 is 11.1 Å². The van der Waals surface area contributed by atoms with E-state index in [9.17, 15) is 14.4 Å². The number of rotatable bonds is 18. The molecule has 250 valence electrons. The molecule has 0 fully saturated rings. The van der Waals surface area contributed by atoms with Gasteiger partial charge < -0.3 is 20.4 Å². The second-order valence-corrected chi connectivity index (χ2v) is 13.0. The van der Waals surface area contributed by atoms with Crippen molar-refractivity contribution in [3.63, 3.8) is 0 Å². The molecule has 1 amide bonds. The zero-order valence-corrected chi connectivity index (χ0v) is 28.6. The maximum Gasteiger partial charge on any atom is 0.328 e. The minimum Gasteiger partial charge on any atom is -0.467 e. The summed E-state index contributed by atoms with van der Waals surface area (Å²) in [7, 11) is 1.32. The number of hydrogen-bond acceptors (Lipinski definition) is 8. The third kappa shape index (κ3) is 9.76. The summed E-state index contributed by atoms with van der Waals surface area (Å²) in [6.45, 7) is 4.94. The molecule has 0 saturated carbocycles. The third-order valence-electron chi connectivity index (χ3n) is 8.80. The van der Waals surface area contributed by atoms with Crippen LogP contribution in [-0.2, 0) is 38.6 Å². The molecule has 0 aliphatic rings. The number of amides is 1. The molecule has 3 N–H and O–H groups in total. The van der Waals surface area contributed by atoms with Crippen LogP contribution in [0.2, 0.25) is 0 Å². The smallest absolute Gasteiger partial charge is 0.328 e. The number of nitrogens with one attached hydrogen (secondary N) is 1. The van der Waals surface area contributed by atoms with Crippen LogP contribution in [-0.4, -0.2) is 70.0 Å². The van der Waals surface area contributed by atoms with Gasteiger partial charge in [0.1, 0.15) is 11.8 Å². The number of nitrogens with zero attached hydrogens (tertiary/aromatic N) is 3. The molecule has 0 radical (unpaired) electrons. The number of hydrogen-bond donors (Lipinski definition) is 2. The number of aromatic nitrogens is 2. The van der Waals surface area contributed by atoms with E-state index in [0.717, 1.165) is 34.0 Å². The number of methoxy groups -OCH3 is 1. The highest BCUT2D eigenvalue weighted by Gasteiger charge is 2.35. The van der Waals surface area contributed by atoms with E-state index in [1.165, 1.54) is 7.11 Å². The first-order valence-electron chi connectivity index (χ1n) is 16.1. The number of fused-ring (bicyclic) bond motifs is 1. The molecule has 1 heterocycles. The Bertz CT molecular complexity index is 1610. The number of imidazole rings is 1. The zero-order chi connectivity index (χ0) is 33.8. The fraction of sp³-hybridized carbons (Fsp3) is 0.405. The lowest BCUT2D eigenvalue weighted by Gasteiger charge is -2.36. The first-order chi connectivity index (χ1) is 22.7. The minimum atomic E-state index is -0.771. The molecule has 0 bridgehead atoms. The van der Waals surface area contributed by atoms with Gasteiger partial charge in [-0.25, -0.2) is 9.78 Å². The van der Waals surface area contributed by atoms with Crippen molar-refractivity contribution in [1.29, 1.82) is 0 Å². The van der Waals surface area contributed by atoms with Crippen LogP contribution >= 0.6 is 11.8 Å². The Balaban J connectivity index is 1.63. The molecule has 47 heavy (non-hydrogen) atoms. The van der Waals surface area contributed by atoms with Gasteiger partial charge in [-0.05, 0) is 46.2 Å². The predicted octanol–water partition coefficient (Wildman–Crippen LogP) is 5.06. The molecule has 0 saturated heterocycles. The Labute approximate surface area is 282 Å². The maximum absolute atomic E-state index is 14.2. The molecule has 0 aliphatic carbocycles. The van der Waals surface area contributed by atoms with Crippen LogP contribution in [0.5, 0.6) is 0 Å². The number of carbonyl (C=O) groups excluding carboxylic acids is 3. The summed E-state index contributed by atoms with van der Waals surface area (Å²) in [5.41, 5.74) is 10.00. The van der Waals surface area contributed by atoms with Crippen LogP contribution in [0.25, 0.3) is 10.8 Å². The van der Waals surface area contributed by atoms with Gasteiger partial charge in [0.15, 0.2) is 0 Å². The summed E-state index contributed by atoms with van der Waals surface area (Å²) < 4.78 is 6.96. The Hall–Kier alpha value is -3.99. The first-order valence-corrected chi connectivity index (χ1v) is 17.5. The lowest BCUT2D eigenvalue weighted by Crippen LogP contribution is -2.55. The highest BCUT2D eigenvalue weighted by molar-refractivity contribution is 7.98. The van der Waals surface area contributed by atoms with Gasteiger partial charge in [0.2, 0.25) is 5.91 Å². The largest absolute Gasteiger partial charge is 0.467 e. The normalized spacial score (nSPS) is 14.0. The average Bonchev–Trinajstić information content (AvgIpc) is 3.52. The van der Waals surface area contributed by atoms with Crippen molar-refractivity contribution in [2.24, 2.45) is 17.6 Å². The van der Waals surface area contributed by atoms with Crippen molar-refractivity contribution in [3.8, 4) is 0 Å². The van der Waals surface area contributed by atoms with Crippen LogP contribution in [0.4, 0.5) is 0 Å². The van der Waals surface area contributed by atoms with E-state index < -0.39 is 24.1 Å². The van der Waals surface area contributed by atoms with Gasteiger partial charge in [-0.3, -0.25) is 14.5 Å². The number of ether oxygens (including phenoxy) is 1. The van der Waals surface area contributed by atoms with Crippen molar-refractivity contribution < 1.29 is 19.1 Å². The quantitative estimate of drug-likeness (QED) is 0.113. The third-order valence-corrected chi connectivity index (χ3v) is 9.44. The van der Waals surface area contributed by atoms with Crippen molar-refractivity contribution >= 4 is 40.2 Å². The van der Waals surface area contributed by atoms with Gasteiger partial charge in [0.25, 0.3) is 0 Å². The standard InChI is InChI=1S/C37H47N5O4S/c1-5-26(2)35(33(43)20-30-21-39-25-42(30)22-27-12-7-6-8-13-27)36(38)41(23-29-16-11-15-28-14-9-10-17-31(28)29)24-34(44)40-32(18-19-47-4)37(45)46-3/h6-17,21,25-26,32,35-36H,5,18-20,22-24,38H2,1-4H3,(H,40,44)/t26-,32-,35+,36?/m0/s1. The lowest BCUT2D eigenvalue weighted by atomic mass is 9.83. The number of carbonyl (C=O) groups is 3. The molecule has 0 spiro atoms. The number of benzene rings is 3. The summed E-state index contributed by atoms with van der Waals surface area (Å²) in [6.07, 6.45) is 6.02. The molecular formula is C37H47N5O4S. The summed E-state index contributed by atoms with van der Waals surface area (Å²) in [5, 5.41) is 5.00. The first kappa shape index (κ1) is 35.9. The second-order valence-electron chi connectivity index (χ2n) is 12.0. The average molecular weight is 658 g/mol. The van der Waals surface area contributed by atoms with Gasteiger partial charge >= 0.3 is 5.97 Å². The van der Waals surface area contributed by atoms with Crippen molar-refractivity contribution in [3.05, 3.63) is 102 Å². The van der Waals surface area contributed by atoms with Crippen molar-refractivity contribution in [2.75, 3.05) is 25.7 Å². The Morgan fingerprint density at radius 2 is 1.77 bits per heavy atom. The summed E-state index contributed by atoms with van der Waals surface area (Å²) >= 11 is 1.59. The van der Waals surface area contributed by atoms with Gasteiger partial charge in [-0.15, -0.1) is 0 Å². The van der Waals surface area contributed by atoms with Crippen LogP contribution in [0.15, 0.2) is 85.3 Å². The van der Waals surface area contributed by atoms with Crippen LogP contribution in [0.1, 0.15) is 43.5 Å². The van der Waals surface area contributed by atoms with Crippen LogP contribution in [0, 0.1) is 11.8 Å². The summed E-state index contributed by atoms with van der Waals surface area (Å²) in [5.74, 6) is -0.769. The summed E-state index contributed by atoms with van der Waals surface area (Å²) in [4.78, 5) is 46.5. The highest BCUT2D eigenvalue weighted by atomic mass is 32.2. The predicted molar refractivity (Wildman–Crippen MR) is 189 cm³/mol. The minimum absolute atomic E-state index is 0.00241. The van der Waals surface area contributed by atoms with Gasteiger partial charge in [-0.2, -0.15) is 11.8 Å². The number of ketones is 1. The van der Waals surface area contributed by atoms with Crippen molar-refractivity contribution in [1.82, 2.24) is 19.8 Å². The van der Waals surface area contributed by atoms with Gasteiger partial charge in [0.05, 0.1) is 26.1 Å². The fourth-order valence-electron chi connectivity index (χ4n) is 6.01. The monoisotopic (exact) mass is 657 g/mol. The molecule has 0 aliphatic heterocycles. The molecule has 9 nitrogen and oxygen atoms in total. The molecule has 10 heteroatoms. The van der Waals surface area contributed by atoms with E-state index in [0.29, 0.717) is 25.3 Å². The number of nitrogens with two attached hydrogens (primary N) is 1. The zero-order valence-electron chi connectivity index (χ0n) is 27.8. The van der Waals surface area contributed by atoms with Gasteiger partial charge in [0, 0.05) is 37.3 Å². The van der Waals surface area contributed by atoms with E-state index in [4.69, 9.17) is 10.5 Å². The molecular weight excluding hydrogens is 611 g/mol. The van der Waals surface area contributed by atoms with Gasteiger partial charge in [-0.1, -0.05) is 93.1 Å². The number of thioether (sulfide) groups is 1. The van der Waals surface area contributed by atoms with Crippen LogP contribution in [0.3, 0.4) is 0 Å². The summed E-state index contributed by atoms with van der Waals surface area (Å²) in [6, 6.07) is 23.4. The Kier molecular flexibility index (Phi) is 13.6. The highest BCUT2D eigenvalue weighted by Crippen LogP contribution is 2.27. The lowest BCUT2D eigenvalue weighted by molar-refractivity contribution is -0.145. The molecule has 1 aromatic heterocycles. The molecule has 4 aromatic rings. The second kappa shape index (κ2) is 17.8. The maximum atomic E-state index is 14.2. The molecule has 3 aromatic carbocycles. The molecule has 1 unspecified atom stereocenters. The fourth-order valence-corrected chi connectivity index (χ4v) is 6.48. The van der Waals surface area contributed by atoms with E-state index in [1.807, 2.05) is 96.3 Å². The Morgan fingerprint density at radius 3 is 2.49 bits per heavy atom. The van der Waals surface area contributed by atoms with E-state index >= 15 is 0 Å². The number of esters is 1. The Morgan fingerprint density at radius 1 is 1.04 bits per heavy atom. The van der Waals surface area contributed by atoms with E-state index in [1.54, 1.807) is 24.3 Å².